The SMILES string of the molecule is CCOC(=O)N1CC[NH+](CC(=O)N[C@H](C)c2ccccc2)CC1. The maximum atomic E-state index is 12.2. The summed E-state index contributed by atoms with van der Waals surface area (Å²) < 4.78 is 5.00. The van der Waals surface area contributed by atoms with Gasteiger partial charge in [0.05, 0.1) is 38.8 Å². The smallest absolute Gasteiger partial charge is 0.410 e. The number of carbonyl (C=O) groups excluding carboxylic acids is 2. The lowest BCUT2D eigenvalue weighted by Gasteiger charge is -2.31. The Labute approximate surface area is 137 Å². The molecule has 1 atom stereocenters. The molecule has 6 heteroatoms. The van der Waals surface area contributed by atoms with Crippen molar-refractivity contribution >= 4 is 12.0 Å². The third-order valence-corrected chi connectivity index (χ3v) is 4.08. The summed E-state index contributed by atoms with van der Waals surface area (Å²) >= 11 is 0. The van der Waals surface area contributed by atoms with Crippen LogP contribution >= 0.6 is 0 Å². The molecule has 0 spiro atoms. The van der Waals surface area contributed by atoms with Crippen molar-refractivity contribution in [2.45, 2.75) is 19.9 Å². The van der Waals surface area contributed by atoms with Gasteiger partial charge in [-0.05, 0) is 19.4 Å². The highest BCUT2D eigenvalue weighted by Crippen LogP contribution is 2.10. The van der Waals surface area contributed by atoms with Crippen LogP contribution in [0.15, 0.2) is 30.3 Å². The molecular weight excluding hydrogens is 294 g/mol. The number of hydrogen-bond acceptors (Lipinski definition) is 3. The molecule has 2 amide bonds. The van der Waals surface area contributed by atoms with Gasteiger partial charge in [0.1, 0.15) is 0 Å². The highest BCUT2D eigenvalue weighted by atomic mass is 16.6. The van der Waals surface area contributed by atoms with Gasteiger partial charge in [0, 0.05) is 0 Å². The number of quaternary nitrogens is 1. The molecule has 1 heterocycles. The summed E-state index contributed by atoms with van der Waals surface area (Å²) in [7, 11) is 0. The predicted octanol–water partition coefficient (Wildman–Crippen LogP) is 0.221. The van der Waals surface area contributed by atoms with E-state index in [1.807, 2.05) is 37.3 Å². The van der Waals surface area contributed by atoms with Gasteiger partial charge in [0.2, 0.25) is 0 Å². The van der Waals surface area contributed by atoms with Crippen molar-refractivity contribution in [3.63, 3.8) is 0 Å². The second-order valence-electron chi connectivity index (χ2n) is 5.81. The molecule has 1 aliphatic heterocycles. The summed E-state index contributed by atoms with van der Waals surface area (Å²) in [6.45, 7) is 7.43. The van der Waals surface area contributed by atoms with E-state index < -0.39 is 0 Å². The average molecular weight is 320 g/mol. The summed E-state index contributed by atoms with van der Waals surface area (Å²) in [5.41, 5.74) is 1.10. The van der Waals surface area contributed by atoms with Gasteiger partial charge >= 0.3 is 6.09 Å². The second kappa shape index (κ2) is 8.53. The fraction of sp³-hybridized carbons (Fsp3) is 0.529. The summed E-state index contributed by atoms with van der Waals surface area (Å²) in [5, 5.41) is 3.03. The fourth-order valence-corrected chi connectivity index (χ4v) is 2.74. The van der Waals surface area contributed by atoms with Crippen molar-refractivity contribution in [3.05, 3.63) is 35.9 Å². The van der Waals surface area contributed by atoms with E-state index in [0.717, 1.165) is 18.7 Å². The number of rotatable bonds is 5. The van der Waals surface area contributed by atoms with Gasteiger partial charge < -0.3 is 15.0 Å². The highest BCUT2D eigenvalue weighted by molar-refractivity contribution is 5.77. The molecule has 0 radical (unpaired) electrons. The third-order valence-electron chi connectivity index (χ3n) is 4.08. The third kappa shape index (κ3) is 5.25. The van der Waals surface area contributed by atoms with E-state index in [1.54, 1.807) is 11.8 Å². The number of carbonyl (C=O) groups is 2. The van der Waals surface area contributed by atoms with E-state index in [2.05, 4.69) is 5.32 Å². The van der Waals surface area contributed by atoms with E-state index in [4.69, 9.17) is 4.74 Å². The number of nitrogens with zero attached hydrogens (tertiary/aromatic N) is 1. The fourth-order valence-electron chi connectivity index (χ4n) is 2.74. The molecule has 1 saturated heterocycles. The van der Waals surface area contributed by atoms with Crippen molar-refractivity contribution in [1.29, 1.82) is 0 Å². The summed E-state index contributed by atoms with van der Waals surface area (Å²) in [6.07, 6.45) is -0.256. The Morgan fingerprint density at radius 3 is 2.52 bits per heavy atom. The molecule has 23 heavy (non-hydrogen) atoms. The minimum atomic E-state index is -0.256. The highest BCUT2D eigenvalue weighted by Gasteiger charge is 2.26. The zero-order chi connectivity index (χ0) is 16.7. The molecule has 0 unspecified atom stereocenters. The first-order valence-electron chi connectivity index (χ1n) is 8.19. The average Bonchev–Trinajstić information content (AvgIpc) is 2.56. The Balaban J connectivity index is 1.73. The molecule has 1 aliphatic rings. The topological polar surface area (TPSA) is 63.1 Å². The number of amides is 2. The lowest BCUT2D eigenvalue weighted by Crippen LogP contribution is -3.15. The first-order chi connectivity index (χ1) is 11.1. The van der Waals surface area contributed by atoms with Gasteiger partial charge in [0.25, 0.3) is 5.91 Å². The first-order valence-corrected chi connectivity index (χ1v) is 8.19. The number of nitrogens with one attached hydrogen (secondary N) is 2. The molecule has 0 aromatic heterocycles. The summed E-state index contributed by atoms with van der Waals surface area (Å²) in [4.78, 5) is 26.7. The van der Waals surface area contributed by atoms with Crippen molar-refractivity contribution in [2.24, 2.45) is 0 Å². The molecule has 2 N–H and O–H groups in total. The minimum absolute atomic E-state index is 0.00363. The molecule has 0 aliphatic carbocycles. The van der Waals surface area contributed by atoms with Gasteiger partial charge in [-0.25, -0.2) is 4.79 Å². The van der Waals surface area contributed by atoms with Crippen LogP contribution in [0, 0.1) is 0 Å². The maximum Gasteiger partial charge on any atom is 0.410 e. The molecule has 6 nitrogen and oxygen atoms in total. The van der Waals surface area contributed by atoms with Crippen LogP contribution in [0.5, 0.6) is 0 Å². The van der Waals surface area contributed by atoms with Gasteiger partial charge in [-0.15, -0.1) is 0 Å². The van der Waals surface area contributed by atoms with E-state index in [0.29, 0.717) is 26.2 Å². The minimum Gasteiger partial charge on any atom is -0.450 e. The van der Waals surface area contributed by atoms with Crippen molar-refractivity contribution in [2.75, 3.05) is 39.3 Å². The zero-order valence-corrected chi connectivity index (χ0v) is 13.9. The lowest BCUT2D eigenvalue weighted by atomic mass is 10.1. The monoisotopic (exact) mass is 320 g/mol. The quantitative estimate of drug-likeness (QED) is 0.816. The normalized spacial score (nSPS) is 16.7. The number of hydrogen-bond donors (Lipinski definition) is 2. The van der Waals surface area contributed by atoms with Gasteiger partial charge in [0.15, 0.2) is 6.54 Å². The predicted molar refractivity (Wildman–Crippen MR) is 87.2 cm³/mol. The molecular formula is C17H26N3O3+. The Morgan fingerprint density at radius 1 is 1.26 bits per heavy atom. The number of piperazine rings is 1. The van der Waals surface area contributed by atoms with E-state index in [9.17, 15) is 9.59 Å². The molecule has 126 valence electrons. The van der Waals surface area contributed by atoms with Crippen molar-refractivity contribution in [1.82, 2.24) is 10.2 Å². The van der Waals surface area contributed by atoms with E-state index in [-0.39, 0.29) is 18.0 Å². The van der Waals surface area contributed by atoms with E-state index in [1.165, 1.54) is 4.90 Å². The number of ether oxygens (including phenoxy) is 1. The Kier molecular flexibility index (Phi) is 6.40. The number of benzene rings is 1. The van der Waals surface area contributed by atoms with Gasteiger partial charge in [-0.2, -0.15) is 0 Å². The maximum absolute atomic E-state index is 12.2. The Hall–Kier alpha value is -2.08. The van der Waals surface area contributed by atoms with Crippen LogP contribution in [0.4, 0.5) is 4.79 Å². The van der Waals surface area contributed by atoms with Crippen LogP contribution in [0.1, 0.15) is 25.5 Å². The van der Waals surface area contributed by atoms with Crippen LogP contribution < -0.4 is 10.2 Å². The second-order valence-corrected chi connectivity index (χ2v) is 5.81. The van der Waals surface area contributed by atoms with Crippen molar-refractivity contribution < 1.29 is 19.2 Å². The van der Waals surface area contributed by atoms with Crippen LogP contribution in [0.2, 0.25) is 0 Å². The molecule has 1 aromatic carbocycles. The van der Waals surface area contributed by atoms with E-state index >= 15 is 0 Å². The van der Waals surface area contributed by atoms with Crippen LogP contribution in [-0.4, -0.2) is 56.2 Å². The Bertz CT molecular complexity index is 513. The Morgan fingerprint density at radius 2 is 1.91 bits per heavy atom. The van der Waals surface area contributed by atoms with Gasteiger partial charge in [-0.1, -0.05) is 30.3 Å². The molecule has 0 saturated carbocycles. The van der Waals surface area contributed by atoms with Crippen LogP contribution in [0.3, 0.4) is 0 Å². The summed E-state index contributed by atoms with van der Waals surface area (Å²) in [5.74, 6) is 0.0425. The van der Waals surface area contributed by atoms with Gasteiger partial charge in [-0.3, -0.25) is 9.69 Å². The summed E-state index contributed by atoms with van der Waals surface area (Å²) in [6, 6.07) is 9.93. The standard InChI is InChI=1S/C17H25N3O3/c1-3-23-17(22)20-11-9-19(10-12-20)13-16(21)18-14(2)15-7-5-4-6-8-15/h4-8,14H,3,9-13H2,1-2H3,(H,18,21)/p+1/t14-/m1/s1. The van der Waals surface area contributed by atoms with Crippen LogP contribution in [-0.2, 0) is 9.53 Å². The largest absolute Gasteiger partial charge is 0.450 e. The molecule has 1 fully saturated rings. The molecule has 2 rings (SSSR count). The molecule has 0 bridgehead atoms. The molecule has 1 aromatic rings. The van der Waals surface area contributed by atoms with Crippen LogP contribution in [0.25, 0.3) is 0 Å². The van der Waals surface area contributed by atoms with Crippen molar-refractivity contribution in [3.8, 4) is 0 Å². The zero-order valence-electron chi connectivity index (χ0n) is 13.9. The first kappa shape index (κ1) is 17.3. The lowest BCUT2D eigenvalue weighted by molar-refractivity contribution is -0.896.